The molecule has 3 atom stereocenters. The lowest BCUT2D eigenvalue weighted by Gasteiger charge is -2.33. The van der Waals surface area contributed by atoms with Crippen molar-refractivity contribution in [1.82, 2.24) is 0 Å². The molecule has 1 saturated carbocycles. The second-order valence-electron chi connectivity index (χ2n) is 13.0. The lowest BCUT2D eigenvalue weighted by atomic mass is 9.82. The second-order valence-corrected chi connectivity index (χ2v) is 13.0. The first-order chi connectivity index (χ1) is 19.3. The summed E-state index contributed by atoms with van der Waals surface area (Å²) in [4.78, 5) is 0. The molecule has 0 aromatic rings. The van der Waals surface area contributed by atoms with Crippen LogP contribution in [-0.2, 0) is 4.74 Å². The molecule has 1 heterocycles. The lowest BCUT2D eigenvalue weighted by Crippen LogP contribution is -2.35. The Morgan fingerprint density at radius 3 is 1.61 bits per heavy atom. The van der Waals surface area contributed by atoms with Crippen LogP contribution in [0.4, 0.5) is 0 Å². The highest BCUT2D eigenvalue weighted by Gasteiger charge is 2.59. The van der Waals surface area contributed by atoms with Gasteiger partial charge in [0, 0.05) is 5.92 Å². The van der Waals surface area contributed by atoms with E-state index in [1.165, 1.54) is 46.3 Å². The van der Waals surface area contributed by atoms with Gasteiger partial charge < -0.3 is 4.74 Å². The number of allylic oxidation sites excluding steroid dienone is 21. The molecule has 0 amide bonds. The zero-order valence-electron chi connectivity index (χ0n) is 27.6. The zero-order valence-corrected chi connectivity index (χ0v) is 27.6. The highest BCUT2D eigenvalue weighted by atomic mass is 16.5. The van der Waals surface area contributed by atoms with Gasteiger partial charge in [-0.25, -0.2) is 0 Å². The minimum atomic E-state index is -0.00524. The molecule has 2 fully saturated rings. The third-order valence-corrected chi connectivity index (χ3v) is 8.14. The van der Waals surface area contributed by atoms with E-state index in [2.05, 4.69) is 166 Å². The van der Waals surface area contributed by atoms with Crippen LogP contribution in [0.5, 0.6) is 0 Å². The first kappa shape index (κ1) is 34.3. The van der Waals surface area contributed by atoms with Crippen LogP contribution in [0.1, 0.15) is 94.9 Å². The van der Waals surface area contributed by atoms with Crippen LogP contribution in [0.15, 0.2) is 131 Å². The van der Waals surface area contributed by atoms with Gasteiger partial charge in [0.15, 0.2) is 0 Å². The molecule has 0 spiro atoms. The van der Waals surface area contributed by atoms with Crippen LogP contribution in [0.3, 0.4) is 0 Å². The smallest absolute Gasteiger partial charge is 0.0728 e. The molecule has 2 rings (SSSR count). The minimum Gasteiger partial charge on any atom is -0.368 e. The second kappa shape index (κ2) is 16.5. The Kier molecular flexibility index (Phi) is 13.8. The molecule has 1 saturated heterocycles. The van der Waals surface area contributed by atoms with Gasteiger partial charge in [0.05, 0.1) is 11.2 Å². The average Bonchev–Trinajstić information content (AvgIpc) is 3.30. The Morgan fingerprint density at radius 1 is 0.659 bits per heavy atom. The van der Waals surface area contributed by atoms with E-state index in [1.54, 1.807) is 0 Å². The van der Waals surface area contributed by atoms with Gasteiger partial charge in [-0.15, -0.1) is 0 Å². The van der Waals surface area contributed by atoms with Crippen molar-refractivity contribution in [3.63, 3.8) is 0 Å². The van der Waals surface area contributed by atoms with Crippen molar-refractivity contribution < 1.29 is 4.74 Å². The summed E-state index contributed by atoms with van der Waals surface area (Å²) in [5, 5.41) is 0. The van der Waals surface area contributed by atoms with Gasteiger partial charge in [0.2, 0.25) is 0 Å². The molecule has 0 radical (unpaired) electrons. The summed E-state index contributed by atoms with van der Waals surface area (Å²) in [5.41, 5.74) is 7.74. The summed E-state index contributed by atoms with van der Waals surface area (Å²) >= 11 is 0. The predicted octanol–water partition coefficient (Wildman–Crippen LogP) is 11.8. The molecule has 2 bridgehead atoms. The summed E-state index contributed by atoms with van der Waals surface area (Å²) in [6.45, 7) is 21.9. The summed E-state index contributed by atoms with van der Waals surface area (Å²) < 4.78 is 6.40. The fraction of sp³-hybridized carbons (Fsp3) is 0.450. The third kappa shape index (κ3) is 12.2. The van der Waals surface area contributed by atoms with Gasteiger partial charge in [0.1, 0.15) is 0 Å². The van der Waals surface area contributed by atoms with Crippen LogP contribution >= 0.6 is 0 Å². The average molecular weight is 553 g/mol. The number of ether oxygens (including phenoxy) is 1. The number of rotatable bonds is 13. The molecule has 1 aliphatic heterocycles. The van der Waals surface area contributed by atoms with E-state index in [-0.39, 0.29) is 11.2 Å². The molecule has 1 nitrogen and oxygen atoms in total. The van der Waals surface area contributed by atoms with Crippen LogP contribution in [0.2, 0.25) is 0 Å². The fourth-order valence-electron chi connectivity index (χ4n) is 5.76. The van der Waals surface area contributed by atoms with Crippen molar-refractivity contribution in [2.24, 2.45) is 11.8 Å². The van der Waals surface area contributed by atoms with E-state index >= 15 is 0 Å². The van der Waals surface area contributed by atoms with E-state index in [0.717, 1.165) is 12.8 Å². The summed E-state index contributed by atoms with van der Waals surface area (Å²) in [5.74, 6) is 1.14. The monoisotopic (exact) mass is 552 g/mol. The Labute approximate surface area is 252 Å². The van der Waals surface area contributed by atoms with Crippen molar-refractivity contribution in [2.45, 2.75) is 106 Å². The molecule has 0 aromatic carbocycles. The van der Waals surface area contributed by atoms with Crippen molar-refractivity contribution in [3.05, 3.63) is 131 Å². The van der Waals surface area contributed by atoms with E-state index in [4.69, 9.17) is 4.74 Å². The van der Waals surface area contributed by atoms with Gasteiger partial charge in [-0.2, -0.15) is 0 Å². The Bertz CT molecular complexity index is 1210. The first-order valence-electron chi connectivity index (χ1n) is 15.4. The zero-order chi connectivity index (χ0) is 30.5. The van der Waals surface area contributed by atoms with E-state index in [1.807, 2.05) is 0 Å². The van der Waals surface area contributed by atoms with Crippen molar-refractivity contribution in [2.75, 3.05) is 0 Å². The normalized spacial score (nSPS) is 26.2. The maximum Gasteiger partial charge on any atom is 0.0728 e. The number of fused-ring (bicyclic) bond motifs is 2. The first-order valence-corrected chi connectivity index (χ1v) is 15.4. The standard InChI is InChI=1S/C40H56O/c1-31(2)17-13-20-34(5)23-15-25-35(6)24-14-21-32(3)18-11-12-19-33(4)22-16-26-36(7)27-28-38-37-29-30-40(38,10)41-39(37,8)9/h11-12,14-19,21-28,37-38H,13,20,29-30H2,1-10H3/b12-11+,21-14+,22-16+,25-15+,28-27+,32-18+,33-19+,34-23+,35-24+,36-26+/t37-,38+,40?/m0/s1. The summed E-state index contributed by atoms with van der Waals surface area (Å²) in [6.07, 6.45) is 39.5. The maximum atomic E-state index is 6.40. The van der Waals surface area contributed by atoms with Crippen molar-refractivity contribution in [1.29, 1.82) is 0 Å². The van der Waals surface area contributed by atoms with E-state index in [9.17, 15) is 0 Å². The van der Waals surface area contributed by atoms with E-state index < -0.39 is 0 Å². The Balaban J connectivity index is 1.80. The Morgan fingerprint density at radius 2 is 1.15 bits per heavy atom. The summed E-state index contributed by atoms with van der Waals surface area (Å²) in [7, 11) is 0. The largest absolute Gasteiger partial charge is 0.368 e. The SMILES string of the molecule is CC(C)=CCC/C(C)=C/C=C/C(C)=C/C=C/C(C)=C/C=C/C=C(C)/C=C/C=C(C)/C=C/[C@@H]1[C@@H]2CCC1(C)OC2(C)C. The molecular weight excluding hydrogens is 496 g/mol. The molecule has 2 aliphatic rings. The molecule has 0 aromatic heterocycles. The van der Waals surface area contributed by atoms with Crippen LogP contribution in [0, 0.1) is 11.8 Å². The minimum absolute atomic E-state index is 0.00393. The number of hydrogen-bond acceptors (Lipinski definition) is 1. The van der Waals surface area contributed by atoms with Gasteiger partial charge >= 0.3 is 0 Å². The molecule has 0 N–H and O–H groups in total. The predicted molar refractivity (Wildman–Crippen MR) is 183 cm³/mol. The van der Waals surface area contributed by atoms with E-state index in [0.29, 0.717) is 11.8 Å². The molecular formula is C40H56O. The summed E-state index contributed by atoms with van der Waals surface area (Å²) in [6, 6.07) is 0. The highest BCUT2D eigenvalue weighted by Crippen LogP contribution is 2.57. The van der Waals surface area contributed by atoms with Crippen LogP contribution in [-0.4, -0.2) is 11.2 Å². The molecule has 1 aliphatic carbocycles. The maximum absolute atomic E-state index is 6.40. The fourth-order valence-corrected chi connectivity index (χ4v) is 5.76. The molecule has 1 heteroatoms. The van der Waals surface area contributed by atoms with Gasteiger partial charge in [-0.1, -0.05) is 131 Å². The van der Waals surface area contributed by atoms with Gasteiger partial charge in [-0.3, -0.25) is 0 Å². The van der Waals surface area contributed by atoms with Crippen molar-refractivity contribution >= 4 is 0 Å². The molecule has 1 unspecified atom stereocenters. The highest BCUT2D eigenvalue weighted by molar-refractivity contribution is 5.32. The van der Waals surface area contributed by atoms with Gasteiger partial charge in [0.25, 0.3) is 0 Å². The third-order valence-electron chi connectivity index (χ3n) is 8.14. The van der Waals surface area contributed by atoms with Crippen LogP contribution < -0.4 is 0 Å². The topological polar surface area (TPSA) is 9.23 Å². The van der Waals surface area contributed by atoms with Crippen LogP contribution in [0.25, 0.3) is 0 Å². The molecule has 222 valence electrons. The van der Waals surface area contributed by atoms with Crippen molar-refractivity contribution in [3.8, 4) is 0 Å². The molecule has 41 heavy (non-hydrogen) atoms. The number of hydrogen-bond donors (Lipinski definition) is 0. The lowest BCUT2D eigenvalue weighted by molar-refractivity contribution is -0.113. The Hall–Kier alpha value is -2.90. The van der Waals surface area contributed by atoms with Gasteiger partial charge in [-0.05, 0) is 101 Å². The quantitative estimate of drug-likeness (QED) is 0.163.